The number of likely N-dealkylation sites (tertiary alicyclic amines) is 1. The van der Waals surface area contributed by atoms with Crippen molar-refractivity contribution in [1.29, 1.82) is 0 Å². The van der Waals surface area contributed by atoms with Crippen molar-refractivity contribution in [1.82, 2.24) is 9.88 Å². The maximum atomic E-state index is 5.82. The Labute approximate surface area is 121 Å². The number of nitrogens with zero attached hydrogens (tertiary/aromatic N) is 2. The second-order valence-corrected chi connectivity index (χ2v) is 7.22. The lowest BCUT2D eigenvalue weighted by Crippen LogP contribution is -2.34. The Morgan fingerprint density at radius 3 is 2.58 bits per heavy atom. The van der Waals surface area contributed by atoms with Crippen LogP contribution in [0.1, 0.15) is 55.1 Å². The van der Waals surface area contributed by atoms with E-state index in [1.165, 1.54) is 41.5 Å². The quantitative estimate of drug-likeness (QED) is 0.902. The molecule has 0 bridgehead atoms. The number of nitrogens with two attached hydrogens (primary N) is 1. The van der Waals surface area contributed by atoms with Gasteiger partial charge in [0.2, 0.25) is 0 Å². The van der Waals surface area contributed by atoms with Gasteiger partial charge in [0.1, 0.15) is 0 Å². The standard InChI is InChI=1S/C15H27N3S/c1-11(2)15-13(10-16)19-14(17-15)6-9-18-7-4-12(3)5-8-18/h11-12H,4-10,16H2,1-3H3. The Morgan fingerprint density at radius 1 is 1.37 bits per heavy atom. The van der Waals surface area contributed by atoms with Crippen LogP contribution in [0, 0.1) is 5.92 Å². The SMILES string of the molecule is CC1CCN(CCc2nc(C(C)C)c(CN)s2)CC1. The minimum atomic E-state index is 0.486. The third-order valence-corrected chi connectivity index (χ3v) is 5.18. The molecule has 4 heteroatoms. The molecule has 2 rings (SSSR count). The van der Waals surface area contributed by atoms with Gasteiger partial charge in [0.15, 0.2) is 0 Å². The van der Waals surface area contributed by atoms with Crippen LogP contribution in [-0.2, 0) is 13.0 Å². The number of thiazole rings is 1. The van der Waals surface area contributed by atoms with Crippen LogP contribution in [0.5, 0.6) is 0 Å². The van der Waals surface area contributed by atoms with Gasteiger partial charge in [0.25, 0.3) is 0 Å². The Morgan fingerprint density at radius 2 is 2.05 bits per heavy atom. The van der Waals surface area contributed by atoms with Gasteiger partial charge in [0.05, 0.1) is 10.7 Å². The van der Waals surface area contributed by atoms with E-state index in [4.69, 9.17) is 10.7 Å². The molecule has 2 heterocycles. The molecular weight excluding hydrogens is 254 g/mol. The first-order chi connectivity index (χ1) is 9.10. The van der Waals surface area contributed by atoms with Gasteiger partial charge in [0, 0.05) is 24.4 Å². The predicted molar refractivity (Wildman–Crippen MR) is 82.6 cm³/mol. The molecule has 108 valence electrons. The van der Waals surface area contributed by atoms with Crippen molar-refractivity contribution in [2.45, 2.75) is 52.5 Å². The molecule has 0 saturated carbocycles. The molecule has 0 aromatic carbocycles. The number of aromatic nitrogens is 1. The van der Waals surface area contributed by atoms with E-state index >= 15 is 0 Å². The number of hydrogen-bond acceptors (Lipinski definition) is 4. The molecule has 1 aliphatic heterocycles. The zero-order valence-electron chi connectivity index (χ0n) is 12.5. The first-order valence-corrected chi connectivity index (χ1v) is 8.32. The van der Waals surface area contributed by atoms with Gasteiger partial charge in [-0.3, -0.25) is 0 Å². The lowest BCUT2D eigenvalue weighted by molar-refractivity contribution is 0.194. The molecule has 19 heavy (non-hydrogen) atoms. The highest BCUT2D eigenvalue weighted by atomic mass is 32.1. The van der Waals surface area contributed by atoms with E-state index in [-0.39, 0.29) is 0 Å². The van der Waals surface area contributed by atoms with Crippen molar-refractivity contribution in [3.05, 3.63) is 15.6 Å². The average molecular weight is 281 g/mol. The van der Waals surface area contributed by atoms with E-state index in [0.29, 0.717) is 12.5 Å². The van der Waals surface area contributed by atoms with Gasteiger partial charge in [-0.15, -0.1) is 11.3 Å². The molecule has 1 saturated heterocycles. The monoisotopic (exact) mass is 281 g/mol. The predicted octanol–water partition coefficient (Wildman–Crippen LogP) is 3.00. The summed E-state index contributed by atoms with van der Waals surface area (Å²) in [6.07, 6.45) is 3.78. The highest BCUT2D eigenvalue weighted by molar-refractivity contribution is 7.11. The molecule has 0 spiro atoms. The lowest BCUT2D eigenvalue weighted by atomic mass is 9.99. The lowest BCUT2D eigenvalue weighted by Gasteiger charge is -2.29. The summed E-state index contributed by atoms with van der Waals surface area (Å²) < 4.78 is 0. The first-order valence-electron chi connectivity index (χ1n) is 7.51. The van der Waals surface area contributed by atoms with Gasteiger partial charge in [-0.05, 0) is 37.8 Å². The van der Waals surface area contributed by atoms with Crippen LogP contribution in [0.3, 0.4) is 0 Å². The summed E-state index contributed by atoms with van der Waals surface area (Å²) in [6.45, 7) is 11.1. The van der Waals surface area contributed by atoms with E-state index in [1.807, 2.05) is 11.3 Å². The summed E-state index contributed by atoms with van der Waals surface area (Å²) in [4.78, 5) is 8.65. The number of piperidine rings is 1. The molecule has 3 nitrogen and oxygen atoms in total. The van der Waals surface area contributed by atoms with Crippen LogP contribution in [0.25, 0.3) is 0 Å². The Bertz CT molecular complexity index is 392. The highest BCUT2D eigenvalue weighted by Gasteiger charge is 2.17. The fraction of sp³-hybridized carbons (Fsp3) is 0.800. The van der Waals surface area contributed by atoms with Crippen LogP contribution in [0.4, 0.5) is 0 Å². The third-order valence-electron chi connectivity index (χ3n) is 4.02. The van der Waals surface area contributed by atoms with Crippen molar-refractivity contribution < 1.29 is 0 Å². The minimum absolute atomic E-state index is 0.486. The molecule has 1 aromatic heterocycles. The van der Waals surface area contributed by atoms with Crippen LogP contribution in [0.15, 0.2) is 0 Å². The van der Waals surface area contributed by atoms with Crippen molar-refractivity contribution in [3.8, 4) is 0 Å². The minimum Gasteiger partial charge on any atom is -0.326 e. The largest absolute Gasteiger partial charge is 0.326 e. The molecule has 0 unspecified atom stereocenters. The second kappa shape index (κ2) is 6.82. The van der Waals surface area contributed by atoms with E-state index in [0.717, 1.165) is 18.9 Å². The Kier molecular flexibility index (Phi) is 5.37. The van der Waals surface area contributed by atoms with Gasteiger partial charge < -0.3 is 10.6 Å². The van der Waals surface area contributed by atoms with Crippen molar-refractivity contribution in [3.63, 3.8) is 0 Å². The van der Waals surface area contributed by atoms with Crippen molar-refractivity contribution >= 4 is 11.3 Å². The molecular formula is C15H27N3S. The molecule has 0 radical (unpaired) electrons. The van der Waals surface area contributed by atoms with Crippen LogP contribution in [-0.4, -0.2) is 29.5 Å². The van der Waals surface area contributed by atoms with Gasteiger partial charge in [-0.1, -0.05) is 20.8 Å². The van der Waals surface area contributed by atoms with Crippen molar-refractivity contribution in [2.75, 3.05) is 19.6 Å². The summed E-state index contributed by atoms with van der Waals surface area (Å²) >= 11 is 1.81. The summed E-state index contributed by atoms with van der Waals surface area (Å²) in [5.74, 6) is 1.40. The summed E-state index contributed by atoms with van der Waals surface area (Å²) in [6, 6.07) is 0. The van der Waals surface area contributed by atoms with Crippen LogP contribution in [0.2, 0.25) is 0 Å². The molecule has 1 aromatic rings. The molecule has 0 atom stereocenters. The fourth-order valence-electron chi connectivity index (χ4n) is 2.66. The molecule has 0 aliphatic carbocycles. The molecule has 1 fully saturated rings. The third kappa shape index (κ3) is 4.01. The molecule has 2 N–H and O–H groups in total. The Hall–Kier alpha value is -0.450. The maximum absolute atomic E-state index is 5.82. The number of rotatable bonds is 5. The number of hydrogen-bond donors (Lipinski definition) is 1. The van der Waals surface area contributed by atoms with Crippen LogP contribution < -0.4 is 5.73 Å². The Balaban J connectivity index is 1.89. The van der Waals surface area contributed by atoms with Crippen LogP contribution >= 0.6 is 11.3 Å². The zero-order chi connectivity index (χ0) is 13.8. The molecule has 0 amide bonds. The topological polar surface area (TPSA) is 42.2 Å². The summed E-state index contributed by atoms with van der Waals surface area (Å²) in [5, 5.41) is 1.27. The van der Waals surface area contributed by atoms with Gasteiger partial charge >= 0.3 is 0 Å². The normalized spacial score (nSPS) is 18.4. The fourth-order valence-corrected chi connectivity index (χ4v) is 3.75. The highest BCUT2D eigenvalue weighted by Crippen LogP contribution is 2.25. The second-order valence-electron chi connectivity index (χ2n) is 6.05. The summed E-state index contributed by atoms with van der Waals surface area (Å²) in [7, 11) is 0. The van der Waals surface area contributed by atoms with Gasteiger partial charge in [-0.2, -0.15) is 0 Å². The first kappa shape index (κ1) is 14.9. The van der Waals surface area contributed by atoms with E-state index in [9.17, 15) is 0 Å². The van der Waals surface area contributed by atoms with E-state index in [1.54, 1.807) is 0 Å². The zero-order valence-corrected chi connectivity index (χ0v) is 13.3. The maximum Gasteiger partial charge on any atom is 0.0944 e. The molecule has 1 aliphatic rings. The van der Waals surface area contributed by atoms with E-state index < -0.39 is 0 Å². The summed E-state index contributed by atoms with van der Waals surface area (Å²) in [5.41, 5.74) is 7.03. The smallest absolute Gasteiger partial charge is 0.0944 e. The van der Waals surface area contributed by atoms with Crippen molar-refractivity contribution in [2.24, 2.45) is 11.7 Å². The van der Waals surface area contributed by atoms with Gasteiger partial charge in [-0.25, -0.2) is 4.98 Å². The average Bonchev–Trinajstić information content (AvgIpc) is 2.81. The van der Waals surface area contributed by atoms with E-state index in [2.05, 4.69) is 25.7 Å².